The highest BCUT2D eigenvalue weighted by molar-refractivity contribution is 7.10. The molecular formula is C14H16N2OS. The molecule has 0 radical (unpaired) electrons. The number of ether oxygens (including phenoxy) is 1. The van der Waals surface area contributed by atoms with Gasteiger partial charge in [0.2, 0.25) is 0 Å². The maximum Gasteiger partial charge on any atom is 0.128 e. The van der Waals surface area contributed by atoms with Crippen molar-refractivity contribution in [2.24, 2.45) is 0 Å². The molecule has 18 heavy (non-hydrogen) atoms. The molecule has 1 aliphatic heterocycles. The molecule has 0 spiro atoms. The van der Waals surface area contributed by atoms with Gasteiger partial charge in [-0.15, -0.1) is 11.3 Å². The predicted molar refractivity (Wildman–Crippen MR) is 74.2 cm³/mol. The number of thiophene rings is 1. The van der Waals surface area contributed by atoms with Gasteiger partial charge in [0.15, 0.2) is 0 Å². The van der Waals surface area contributed by atoms with Crippen LogP contribution in [0.1, 0.15) is 16.5 Å². The SMILES string of the molecule is Cc1ccnc(N2CCO[C@@H](c3cccs3)C2)c1. The van der Waals surface area contributed by atoms with Gasteiger partial charge in [-0.05, 0) is 36.1 Å². The van der Waals surface area contributed by atoms with Crippen LogP contribution in [0.25, 0.3) is 0 Å². The van der Waals surface area contributed by atoms with E-state index in [1.54, 1.807) is 11.3 Å². The number of aromatic nitrogens is 1. The van der Waals surface area contributed by atoms with Crippen LogP contribution in [0.3, 0.4) is 0 Å². The number of rotatable bonds is 2. The highest BCUT2D eigenvalue weighted by atomic mass is 32.1. The topological polar surface area (TPSA) is 25.4 Å². The van der Waals surface area contributed by atoms with Crippen molar-refractivity contribution in [1.82, 2.24) is 4.98 Å². The lowest BCUT2D eigenvalue weighted by molar-refractivity contribution is 0.0418. The Bertz CT molecular complexity index is 512. The van der Waals surface area contributed by atoms with Gasteiger partial charge < -0.3 is 9.64 Å². The molecular weight excluding hydrogens is 244 g/mol. The first kappa shape index (κ1) is 11.7. The third kappa shape index (κ3) is 2.40. The van der Waals surface area contributed by atoms with Gasteiger partial charge in [0, 0.05) is 17.6 Å². The van der Waals surface area contributed by atoms with Crippen molar-refractivity contribution in [3.63, 3.8) is 0 Å². The summed E-state index contributed by atoms with van der Waals surface area (Å²) in [4.78, 5) is 8.06. The van der Waals surface area contributed by atoms with Gasteiger partial charge in [0.25, 0.3) is 0 Å². The molecule has 0 aliphatic carbocycles. The number of hydrogen-bond acceptors (Lipinski definition) is 4. The van der Waals surface area contributed by atoms with Crippen molar-refractivity contribution in [2.45, 2.75) is 13.0 Å². The van der Waals surface area contributed by atoms with Crippen molar-refractivity contribution in [1.29, 1.82) is 0 Å². The average molecular weight is 260 g/mol. The van der Waals surface area contributed by atoms with Crippen molar-refractivity contribution in [2.75, 3.05) is 24.6 Å². The van der Waals surface area contributed by atoms with Crippen LogP contribution in [0, 0.1) is 6.92 Å². The van der Waals surface area contributed by atoms with Crippen LogP contribution in [-0.4, -0.2) is 24.7 Å². The first-order valence-corrected chi connectivity index (χ1v) is 7.03. The summed E-state index contributed by atoms with van der Waals surface area (Å²) >= 11 is 1.76. The van der Waals surface area contributed by atoms with Crippen LogP contribution >= 0.6 is 11.3 Å². The van der Waals surface area contributed by atoms with E-state index in [0.29, 0.717) is 0 Å². The summed E-state index contributed by atoms with van der Waals surface area (Å²) in [6.07, 6.45) is 2.06. The summed E-state index contributed by atoms with van der Waals surface area (Å²) in [5.41, 5.74) is 1.25. The van der Waals surface area contributed by atoms with Crippen LogP contribution in [-0.2, 0) is 4.74 Å². The maximum atomic E-state index is 5.85. The third-order valence-electron chi connectivity index (χ3n) is 3.15. The minimum Gasteiger partial charge on any atom is -0.369 e. The third-order valence-corrected chi connectivity index (χ3v) is 4.12. The number of anilines is 1. The average Bonchev–Trinajstić information content (AvgIpc) is 2.93. The standard InChI is InChI=1S/C14H16N2OS/c1-11-4-5-15-14(9-11)16-6-7-17-12(10-16)13-3-2-8-18-13/h2-5,8-9,12H,6-7,10H2,1H3/t12-/m1/s1. The second-order valence-corrected chi connectivity index (χ2v) is 5.49. The van der Waals surface area contributed by atoms with Gasteiger partial charge >= 0.3 is 0 Å². The maximum absolute atomic E-state index is 5.85. The van der Waals surface area contributed by atoms with Crippen LogP contribution in [0.15, 0.2) is 35.8 Å². The molecule has 1 saturated heterocycles. The summed E-state index contributed by atoms with van der Waals surface area (Å²) in [6, 6.07) is 8.38. The Morgan fingerprint density at radius 3 is 3.17 bits per heavy atom. The summed E-state index contributed by atoms with van der Waals surface area (Å²) in [5.74, 6) is 1.06. The largest absolute Gasteiger partial charge is 0.369 e. The fourth-order valence-electron chi connectivity index (χ4n) is 2.20. The molecule has 0 aromatic carbocycles. The van der Waals surface area contributed by atoms with E-state index in [2.05, 4.69) is 40.4 Å². The van der Waals surface area contributed by atoms with Crippen LogP contribution < -0.4 is 4.90 Å². The van der Waals surface area contributed by atoms with E-state index >= 15 is 0 Å². The molecule has 2 aromatic rings. The highest BCUT2D eigenvalue weighted by Gasteiger charge is 2.23. The molecule has 3 rings (SSSR count). The molecule has 3 heterocycles. The van der Waals surface area contributed by atoms with E-state index < -0.39 is 0 Å². The normalized spacial score (nSPS) is 20.1. The second kappa shape index (κ2) is 5.08. The minimum atomic E-state index is 0.182. The molecule has 4 heteroatoms. The zero-order valence-corrected chi connectivity index (χ0v) is 11.2. The van der Waals surface area contributed by atoms with Crippen LogP contribution in [0.2, 0.25) is 0 Å². The molecule has 0 amide bonds. The fourth-order valence-corrected chi connectivity index (χ4v) is 2.96. The number of nitrogens with zero attached hydrogens (tertiary/aromatic N) is 2. The van der Waals surface area contributed by atoms with E-state index in [9.17, 15) is 0 Å². The van der Waals surface area contributed by atoms with Crippen molar-refractivity contribution in [3.8, 4) is 0 Å². The Morgan fingerprint density at radius 1 is 1.44 bits per heavy atom. The fraction of sp³-hybridized carbons (Fsp3) is 0.357. The smallest absolute Gasteiger partial charge is 0.128 e. The van der Waals surface area contributed by atoms with Crippen molar-refractivity contribution >= 4 is 17.2 Å². The van der Waals surface area contributed by atoms with Gasteiger partial charge in [0.05, 0.1) is 13.2 Å². The minimum absolute atomic E-state index is 0.182. The molecule has 1 aliphatic rings. The quantitative estimate of drug-likeness (QED) is 0.830. The molecule has 2 aromatic heterocycles. The summed E-state index contributed by atoms with van der Waals surface area (Å²) < 4.78 is 5.85. The molecule has 3 nitrogen and oxygen atoms in total. The lowest BCUT2D eigenvalue weighted by atomic mass is 10.2. The van der Waals surface area contributed by atoms with Gasteiger partial charge in [-0.2, -0.15) is 0 Å². The monoisotopic (exact) mass is 260 g/mol. The van der Waals surface area contributed by atoms with E-state index in [-0.39, 0.29) is 6.10 Å². The molecule has 94 valence electrons. The molecule has 1 atom stereocenters. The zero-order valence-electron chi connectivity index (χ0n) is 10.4. The number of pyridine rings is 1. The van der Waals surface area contributed by atoms with E-state index in [4.69, 9.17) is 4.74 Å². The molecule has 1 fully saturated rings. The van der Waals surface area contributed by atoms with E-state index in [1.165, 1.54) is 10.4 Å². The first-order chi connectivity index (χ1) is 8.83. The van der Waals surface area contributed by atoms with E-state index in [0.717, 1.165) is 25.5 Å². The second-order valence-electron chi connectivity index (χ2n) is 4.51. The Kier molecular flexibility index (Phi) is 3.30. The van der Waals surface area contributed by atoms with Crippen molar-refractivity contribution in [3.05, 3.63) is 46.3 Å². The van der Waals surface area contributed by atoms with Crippen LogP contribution in [0.5, 0.6) is 0 Å². The summed E-state index contributed by atoms with van der Waals surface area (Å²) in [6.45, 7) is 4.66. The predicted octanol–water partition coefficient (Wildman–Crippen LogP) is 3.03. The number of hydrogen-bond donors (Lipinski definition) is 0. The molecule has 0 saturated carbocycles. The van der Waals surface area contributed by atoms with Crippen molar-refractivity contribution < 1.29 is 4.74 Å². The Balaban J connectivity index is 1.78. The summed E-state index contributed by atoms with van der Waals surface area (Å²) in [7, 11) is 0. The van der Waals surface area contributed by atoms with Crippen LogP contribution in [0.4, 0.5) is 5.82 Å². The molecule has 0 N–H and O–H groups in total. The molecule has 0 unspecified atom stereocenters. The Labute approximate surface area is 111 Å². The van der Waals surface area contributed by atoms with Gasteiger partial charge in [-0.25, -0.2) is 4.98 Å². The van der Waals surface area contributed by atoms with Gasteiger partial charge in [0.1, 0.15) is 11.9 Å². The van der Waals surface area contributed by atoms with Gasteiger partial charge in [-0.3, -0.25) is 0 Å². The van der Waals surface area contributed by atoms with E-state index in [1.807, 2.05) is 12.3 Å². The lowest BCUT2D eigenvalue weighted by Crippen LogP contribution is -2.38. The zero-order chi connectivity index (χ0) is 12.4. The Morgan fingerprint density at radius 2 is 2.39 bits per heavy atom. The number of aryl methyl sites for hydroxylation is 1. The number of morpholine rings is 1. The lowest BCUT2D eigenvalue weighted by Gasteiger charge is -2.33. The highest BCUT2D eigenvalue weighted by Crippen LogP contribution is 2.28. The molecule has 0 bridgehead atoms. The first-order valence-electron chi connectivity index (χ1n) is 6.15. The van der Waals surface area contributed by atoms with Gasteiger partial charge in [-0.1, -0.05) is 6.07 Å². The summed E-state index contributed by atoms with van der Waals surface area (Å²) in [5, 5.41) is 2.10. The Hall–Kier alpha value is -1.39.